The van der Waals surface area contributed by atoms with Crippen molar-refractivity contribution < 1.29 is 8.78 Å². The maximum Gasteiger partial charge on any atom is 0.191 e. The topological polar surface area (TPSA) is 39.7 Å². The molecule has 26 heavy (non-hydrogen) atoms. The second kappa shape index (κ2) is 9.70. The minimum absolute atomic E-state index is 0. The summed E-state index contributed by atoms with van der Waals surface area (Å²) in [7, 11) is 1.73. The molecule has 1 fully saturated rings. The van der Waals surface area contributed by atoms with Gasteiger partial charge in [0.15, 0.2) is 5.96 Å². The molecule has 7 heteroatoms. The average molecular weight is 472 g/mol. The Kier molecular flexibility index (Phi) is 7.62. The van der Waals surface area contributed by atoms with E-state index in [1.807, 2.05) is 23.1 Å². The van der Waals surface area contributed by atoms with E-state index in [9.17, 15) is 8.78 Å². The summed E-state index contributed by atoms with van der Waals surface area (Å²) in [5, 5.41) is 6.65. The molecule has 1 saturated heterocycles. The van der Waals surface area contributed by atoms with Crippen molar-refractivity contribution in [1.29, 1.82) is 0 Å². The van der Waals surface area contributed by atoms with Crippen LogP contribution in [0.3, 0.4) is 0 Å². The first kappa shape index (κ1) is 20.4. The number of nitrogens with one attached hydrogen (secondary N) is 2. The Morgan fingerprint density at radius 2 is 1.96 bits per heavy atom. The highest BCUT2D eigenvalue weighted by Crippen LogP contribution is 2.24. The fourth-order valence-electron chi connectivity index (χ4n) is 3.00. The number of hydrogen-bond donors (Lipinski definition) is 2. The maximum absolute atomic E-state index is 13.9. The lowest BCUT2D eigenvalue weighted by molar-refractivity contribution is 0.580. The van der Waals surface area contributed by atoms with Crippen molar-refractivity contribution in [2.45, 2.75) is 19.0 Å². The van der Waals surface area contributed by atoms with Gasteiger partial charge in [0, 0.05) is 38.8 Å². The number of benzene rings is 2. The Hall–Kier alpha value is -1.90. The summed E-state index contributed by atoms with van der Waals surface area (Å²) in [6.07, 6.45) is 0.864. The van der Waals surface area contributed by atoms with Crippen LogP contribution >= 0.6 is 24.0 Å². The molecular formula is C19H23F2IN4. The maximum atomic E-state index is 13.9. The van der Waals surface area contributed by atoms with Gasteiger partial charge in [0.2, 0.25) is 0 Å². The van der Waals surface area contributed by atoms with Crippen LogP contribution < -0.4 is 15.5 Å². The third-order valence-electron chi connectivity index (χ3n) is 4.31. The Morgan fingerprint density at radius 3 is 2.65 bits per heavy atom. The highest BCUT2D eigenvalue weighted by Gasteiger charge is 2.25. The molecule has 1 aliphatic heterocycles. The first-order valence-electron chi connectivity index (χ1n) is 8.37. The third kappa shape index (κ3) is 5.30. The standard InChI is InChI=1S/C19H22F2N4.HI/c1-22-19(23-12-14-5-3-2-4-6-14)24-16-9-10-25(13-16)18-8-7-15(20)11-17(18)21;/h2-8,11,16H,9-10,12-13H2,1H3,(H2,22,23,24);1H. The summed E-state index contributed by atoms with van der Waals surface area (Å²) in [6.45, 7) is 2.05. The molecule has 1 aliphatic rings. The van der Waals surface area contributed by atoms with Crippen molar-refractivity contribution in [1.82, 2.24) is 10.6 Å². The van der Waals surface area contributed by atoms with Crippen molar-refractivity contribution in [3.8, 4) is 0 Å². The number of guanidine groups is 1. The lowest BCUT2D eigenvalue weighted by atomic mass is 10.2. The first-order valence-corrected chi connectivity index (χ1v) is 8.37. The second-order valence-corrected chi connectivity index (χ2v) is 6.08. The number of anilines is 1. The Labute approximate surface area is 169 Å². The summed E-state index contributed by atoms with van der Waals surface area (Å²) >= 11 is 0. The first-order chi connectivity index (χ1) is 12.2. The van der Waals surface area contributed by atoms with Gasteiger partial charge >= 0.3 is 0 Å². The molecule has 2 aromatic carbocycles. The van der Waals surface area contributed by atoms with Gasteiger partial charge in [0.25, 0.3) is 0 Å². The normalized spacial score (nSPS) is 17.0. The molecule has 0 amide bonds. The molecule has 3 rings (SSSR count). The summed E-state index contributed by atoms with van der Waals surface area (Å²) in [6, 6.07) is 14.0. The molecule has 0 spiro atoms. The molecule has 2 aromatic rings. The van der Waals surface area contributed by atoms with Crippen molar-refractivity contribution in [3.63, 3.8) is 0 Å². The van der Waals surface area contributed by atoms with Gasteiger partial charge in [-0.3, -0.25) is 4.99 Å². The molecule has 0 radical (unpaired) electrons. The zero-order valence-corrected chi connectivity index (χ0v) is 16.9. The van der Waals surface area contributed by atoms with E-state index in [1.54, 1.807) is 7.05 Å². The van der Waals surface area contributed by atoms with Crippen LogP contribution in [0.4, 0.5) is 14.5 Å². The summed E-state index contributed by atoms with van der Waals surface area (Å²) in [4.78, 5) is 6.17. The van der Waals surface area contributed by atoms with E-state index in [1.165, 1.54) is 17.7 Å². The van der Waals surface area contributed by atoms with E-state index in [0.717, 1.165) is 25.0 Å². The molecule has 2 N–H and O–H groups in total. The molecule has 1 unspecified atom stereocenters. The van der Waals surface area contributed by atoms with Crippen LogP contribution in [-0.4, -0.2) is 32.1 Å². The number of halogens is 3. The molecule has 1 atom stereocenters. The van der Waals surface area contributed by atoms with Gasteiger partial charge in [-0.05, 0) is 24.1 Å². The van der Waals surface area contributed by atoms with E-state index in [0.29, 0.717) is 18.8 Å². The van der Waals surface area contributed by atoms with Gasteiger partial charge in [-0.1, -0.05) is 30.3 Å². The van der Waals surface area contributed by atoms with E-state index >= 15 is 0 Å². The minimum Gasteiger partial charge on any atom is -0.367 e. The monoisotopic (exact) mass is 472 g/mol. The Bertz CT molecular complexity index is 740. The fraction of sp³-hybridized carbons (Fsp3) is 0.316. The summed E-state index contributed by atoms with van der Waals surface area (Å²) in [5.41, 5.74) is 1.62. The van der Waals surface area contributed by atoms with Crippen molar-refractivity contribution in [2.24, 2.45) is 4.99 Å². The number of rotatable bonds is 4. The van der Waals surface area contributed by atoms with E-state index in [4.69, 9.17) is 0 Å². The zero-order chi connectivity index (χ0) is 17.6. The van der Waals surface area contributed by atoms with Gasteiger partial charge in [0.1, 0.15) is 11.6 Å². The van der Waals surface area contributed by atoms with Crippen LogP contribution in [0.1, 0.15) is 12.0 Å². The van der Waals surface area contributed by atoms with E-state index < -0.39 is 11.6 Å². The predicted octanol–water partition coefficient (Wildman–Crippen LogP) is 3.53. The van der Waals surface area contributed by atoms with Crippen molar-refractivity contribution >= 4 is 35.6 Å². The summed E-state index contributed by atoms with van der Waals surface area (Å²) < 4.78 is 27.0. The van der Waals surface area contributed by atoms with Crippen LogP contribution in [0, 0.1) is 11.6 Å². The molecule has 4 nitrogen and oxygen atoms in total. The lowest BCUT2D eigenvalue weighted by Gasteiger charge is -2.21. The average Bonchev–Trinajstić information content (AvgIpc) is 3.07. The molecule has 140 valence electrons. The van der Waals surface area contributed by atoms with Gasteiger partial charge < -0.3 is 15.5 Å². The summed E-state index contributed by atoms with van der Waals surface area (Å²) in [5.74, 6) is -0.358. The molecule has 0 bridgehead atoms. The third-order valence-corrected chi connectivity index (χ3v) is 4.31. The largest absolute Gasteiger partial charge is 0.367 e. The molecule has 0 aromatic heterocycles. The quantitative estimate of drug-likeness (QED) is 0.407. The van der Waals surface area contributed by atoms with Crippen LogP contribution in [0.5, 0.6) is 0 Å². The van der Waals surface area contributed by atoms with Crippen LogP contribution in [0.2, 0.25) is 0 Å². The molecular weight excluding hydrogens is 449 g/mol. The number of hydrogen-bond acceptors (Lipinski definition) is 2. The Morgan fingerprint density at radius 1 is 1.19 bits per heavy atom. The smallest absolute Gasteiger partial charge is 0.191 e. The lowest BCUT2D eigenvalue weighted by Crippen LogP contribution is -2.44. The van der Waals surface area contributed by atoms with E-state index in [2.05, 4.69) is 27.8 Å². The highest BCUT2D eigenvalue weighted by molar-refractivity contribution is 14.0. The minimum atomic E-state index is -0.555. The molecule has 1 heterocycles. The van der Waals surface area contributed by atoms with Crippen LogP contribution in [0.25, 0.3) is 0 Å². The second-order valence-electron chi connectivity index (χ2n) is 6.08. The van der Waals surface area contributed by atoms with Crippen LogP contribution in [0.15, 0.2) is 53.5 Å². The molecule has 0 saturated carbocycles. The SMILES string of the molecule is CN=C(NCc1ccccc1)NC1CCN(c2ccc(F)cc2F)C1.I. The number of aliphatic imine (C=N–C) groups is 1. The van der Waals surface area contributed by atoms with Gasteiger partial charge in [-0.2, -0.15) is 0 Å². The zero-order valence-electron chi connectivity index (χ0n) is 14.6. The van der Waals surface area contributed by atoms with Gasteiger partial charge in [-0.15, -0.1) is 24.0 Å². The predicted molar refractivity (Wildman–Crippen MR) is 112 cm³/mol. The van der Waals surface area contributed by atoms with E-state index in [-0.39, 0.29) is 30.0 Å². The fourth-order valence-corrected chi connectivity index (χ4v) is 3.00. The van der Waals surface area contributed by atoms with Crippen LogP contribution in [-0.2, 0) is 6.54 Å². The van der Waals surface area contributed by atoms with Gasteiger partial charge in [-0.25, -0.2) is 8.78 Å². The molecule has 0 aliphatic carbocycles. The van der Waals surface area contributed by atoms with Crippen molar-refractivity contribution in [3.05, 3.63) is 65.7 Å². The van der Waals surface area contributed by atoms with Crippen molar-refractivity contribution in [2.75, 3.05) is 25.0 Å². The Balaban J connectivity index is 0.00000243. The highest BCUT2D eigenvalue weighted by atomic mass is 127. The van der Waals surface area contributed by atoms with Gasteiger partial charge in [0.05, 0.1) is 5.69 Å². The number of nitrogens with zero attached hydrogens (tertiary/aromatic N) is 2.